The van der Waals surface area contributed by atoms with Crippen LogP contribution in [-0.4, -0.2) is 43.6 Å². The van der Waals surface area contributed by atoms with Gasteiger partial charge in [0.05, 0.1) is 11.5 Å². The number of amides is 1. The van der Waals surface area contributed by atoms with Gasteiger partial charge in [-0.2, -0.15) is 0 Å². The predicted octanol–water partition coefficient (Wildman–Crippen LogP) is 6.54. The molecule has 0 saturated heterocycles. The van der Waals surface area contributed by atoms with Crippen molar-refractivity contribution in [3.63, 3.8) is 0 Å². The molecule has 0 aliphatic rings. The third-order valence-electron chi connectivity index (χ3n) is 5.84. The Morgan fingerprint density at radius 3 is 2.21 bits per heavy atom. The molecule has 34 heavy (non-hydrogen) atoms. The lowest BCUT2D eigenvalue weighted by Gasteiger charge is -2.26. The summed E-state index contributed by atoms with van der Waals surface area (Å²) in [7, 11) is -0.504. The smallest absolute Gasteiger partial charge is 0.261 e. The van der Waals surface area contributed by atoms with Crippen molar-refractivity contribution in [2.75, 3.05) is 19.8 Å². The minimum Gasteiger partial charge on any atom is -0.361 e. The minimum atomic E-state index is -2.13. The summed E-state index contributed by atoms with van der Waals surface area (Å²) in [5, 5.41) is 3.70. The predicted molar refractivity (Wildman–Crippen MR) is 147 cm³/mol. The fourth-order valence-electron chi connectivity index (χ4n) is 3.56. The Bertz CT molecular complexity index is 1050. The third-order valence-corrected chi connectivity index (χ3v) is 9.76. The first-order valence-electron chi connectivity index (χ1n) is 11.8. The first-order valence-corrected chi connectivity index (χ1v) is 14.9. The molecule has 188 valence electrons. The number of ketones is 2. The summed E-state index contributed by atoms with van der Waals surface area (Å²) < 4.78 is 7.40. The van der Waals surface area contributed by atoms with E-state index in [1.54, 1.807) is 7.05 Å². The van der Waals surface area contributed by atoms with Gasteiger partial charge in [-0.15, -0.1) is 11.3 Å². The largest absolute Gasteiger partial charge is 0.361 e. The Morgan fingerprint density at radius 2 is 1.62 bits per heavy atom. The Kier molecular flexibility index (Phi) is 9.49. The van der Waals surface area contributed by atoms with Crippen LogP contribution in [0.5, 0.6) is 0 Å². The van der Waals surface area contributed by atoms with Gasteiger partial charge < -0.3 is 9.84 Å². The Labute approximate surface area is 208 Å². The summed E-state index contributed by atoms with van der Waals surface area (Å²) in [6.45, 7) is 11.9. The van der Waals surface area contributed by atoms with E-state index < -0.39 is 12.5 Å². The van der Waals surface area contributed by atoms with E-state index in [2.05, 4.69) is 23.7 Å². The molecule has 1 N–H and O–H groups in total. The quantitative estimate of drug-likeness (QED) is 0.352. The van der Waals surface area contributed by atoms with Crippen molar-refractivity contribution < 1.29 is 18.9 Å². The van der Waals surface area contributed by atoms with Crippen molar-refractivity contribution in [3.8, 4) is 0 Å². The number of carbonyl (C=O) groups excluding carboxylic acids is 3. The van der Waals surface area contributed by atoms with Crippen molar-refractivity contribution in [1.29, 1.82) is 0 Å². The number of hydrogen-bond donors (Lipinski definition) is 1. The fraction of sp³-hybridized carbons (Fsp3) is 0.556. The molecular weight excluding hydrogens is 465 g/mol. The number of nitrogens with one attached hydrogen (secondary N) is 1. The normalized spacial score (nSPS) is 14.1. The van der Waals surface area contributed by atoms with Crippen LogP contribution < -0.4 is 5.32 Å². The highest BCUT2D eigenvalue weighted by Crippen LogP contribution is 2.51. The van der Waals surface area contributed by atoms with Gasteiger partial charge in [0.15, 0.2) is 0 Å². The summed E-state index contributed by atoms with van der Waals surface area (Å²) in [4.78, 5) is 37.5. The first kappa shape index (κ1) is 28.5. The van der Waals surface area contributed by atoms with Crippen molar-refractivity contribution in [2.24, 2.45) is 10.8 Å². The van der Waals surface area contributed by atoms with E-state index in [1.165, 1.54) is 11.3 Å². The topological polar surface area (TPSA) is 72.5 Å². The summed E-state index contributed by atoms with van der Waals surface area (Å²) in [6, 6.07) is 8.12. The average molecular weight is 506 g/mol. The lowest BCUT2D eigenvalue weighted by Crippen LogP contribution is -2.21. The lowest BCUT2D eigenvalue weighted by molar-refractivity contribution is -0.127. The SMILES string of the molecule is C=P(CCCC(=O)C(C)(C)C)(Cc1ccc2sc(C(=O)NC)cc2c1)OCCC(=O)C(C)(C)C. The van der Waals surface area contributed by atoms with Crippen LogP contribution in [0, 0.1) is 10.8 Å². The van der Waals surface area contributed by atoms with Crippen molar-refractivity contribution in [1.82, 2.24) is 5.32 Å². The number of Topliss-reactive ketones (excluding diaryl/α,β-unsaturated/α-hetero) is 2. The molecule has 0 aliphatic carbocycles. The number of thiophene rings is 1. The van der Waals surface area contributed by atoms with E-state index in [1.807, 2.05) is 53.7 Å². The van der Waals surface area contributed by atoms with E-state index in [9.17, 15) is 14.4 Å². The van der Waals surface area contributed by atoms with Gasteiger partial charge in [0, 0.05) is 48.7 Å². The van der Waals surface area contributed by atoms with Crippen LogP contribution >= 0.6 is 18.4 Å². The molecule has 0 spiro atoms. The molecule has 0 aliphatic heterocycles. The van der Waals surface area contributed by atoms with Crippen molar-refractivity contribution in [3.05, 3.63) is 34.7 Å². The second-order valence-electron chi connectivity index (χ2n) is 11.0. The molecule has 0 bridgehead atoms. The molecule has 7 heteroatoms. The van der Waals surface area contributed by atoms with Crippen LogP contribution in [0.3, 0.4) is 0 Å². The number of benzene rings is 1. The second kappa shape index (κ2) is 11.3. The van der Waals surface area contributed by atoms with Crippen molar-refractivity contribution >= 4 is 52.3 Å². The molecule has 1 heterocycles. The van der Waals surface area contributed by atoms with Crippen LogP contribution in [0.1, 0.15) is 76.0 Å². The molecule has 5 nitrogen and oxygen atoms in total. The van der Waals surface area contributed by atoms with E-state index in [0.29, 0.717) is 30.5 Å². The van der Waals surface area contributed by atoms with Crippen LogP contribution in [0.4, 0.5) is 0 Å². The van der Waals surface area contributed by atoms with Gasteiger partial charge in [-0.25, -0.2) is 0 Å². The van der Waals surface area contributed by atoms with E-state index >= 15 is 0 Å². The van der Waals surface area contributed by atoms with Crippen LogP contribution in [0.2, 0.25) is 0 Å². The summed E-state index contributed by atoms with van der Waals surface area (Å²) in [5.41, 5.74) is 0.354. The fourth-order valence-corrected chi connectivity index (χ4v) is 7.00. The summed E-state index contributed by atoms with van der Waals surface area (Å²) in [5.74, 6) is 0.323. The van der Waals surface area contributed by atoms with E-state index in [4.69, 9.17) is 4.52 Å². The zero-order chi connectivity index (χ0) is 25.7. The maximum absolute atomic E-state index is 12.4. The standard InChI is InChI=1S/C27H40NO4PS/c1-26(2,3)23(29)10-9-15-33(8,32-14-13-24(30)27(4,5)6)18-19-11-12-21-20(16-19)17-22(34-21)25(31)28-7/h11-12,16-17H,8-10,13-15,18H2,1-7H3,(H,28,31). The van der Waals surface area contributed by atoms with Crippen LogP contribution in [-0.2, 0) is 20.3 Å². The zero-order valence-corrected chi connectivity index (χ0v) is 23.5. The molecule has 1 aromatic heterocycles. The van der Waals surface area contributed by atoms with E-state index in [0.717, 1.165) is 28.2 Å². The molecule has 0 saturated carbocycles. The lowest BCUT2D eigenvalue weighted by atomic mass is 9.88. The summed E-state index contributed by atoms with van der Waals surface area (Å²) in [6.07, 6.45) is 7.50. The maximum atomic E-state index is 12.4. The second-order valence-corrected chi connectivity index (χ2v) is 15.3. The zero-order valence-electron chi connectivity index (χ0n) is 21.7. The molecule has 1 unspecified atom stereocenters. The van der Waals surface area contributed by atoms with Gasteiger partial charge in [0.25, 0.3) is 5.91 Å². The first-order chi connectivity index (χ1) is 15.6. The molecule has 1 aromatic carbocycles. The highest BCUT2D eigenvalue weighted by molar-refractivity contribution is 7.68. The van der Waals surface area contributed by atoms with Gasteiger partial charge in [-0.1, -0.05) is 53.9 Å². The van der Waals surface area contributed by atoms with Gasteiger partial charge >= 0.3 is 0 Å². The molecule has 1 atom stereocenters. The maximum Gasteiger partial charge on any atom is 0.261 e. The molecular formula is C27H40NO4PS. The van der Waals surface area contributed by atoms with Crippen molar-refractivity contribution in [2.45, 2.75) is 67.0 Å². The van der Waals surface area contributed by atoms with Gasteiger partial charge in [0.2, 0.25) is 0 Å². The number of carbonyl (C=O) groups is 3. The monoisotopic (exact) mass is 505 g/mol. The number of hydrogen-bond acceptors (Lipinski definition) is 5. The Hall–Kier alpha value is -1.75. The number of fused-ring (bicyclic) bond motifs is 1. The van der Waals surface area contributed by atoms with Gasteiger partial charge in [-0.3, -0.25) is 14.4 Å². The molecule has 1 amide bonds. The number of rotatable bonds is 11. The van der Waals surface area contributed by atoms with Crippen LogP contribution in [0.15, 0.2) is 24.3 Å². The third kappa shape index (κ3) is 8.18. The van der Waals surface area contributed by atoms with Crippen LogP contribution in [0.25, 0.3) is 10.1 Å². The van der Waals surface area contributed by atoms with Gasteiger partial charge in [0.1, 0.15) is 11.6 Å². The molecule has 0 fully saturated rings. The average Bonchev–Trinajstić information content (AvgIpc) is 3.15. The van der Waals surface area contributed by atoms with E-state index in [-0.39, 0.29) is 22.9 Å². The highest BCUT2D eigenvalue weighted by atomic mass is 32.1. The Balaban J connectivity index is 2.18. The minimum absolute atomic E-state index is 0.0860. The molecule has 0 radical (unpaired) electrons. The highest BCUT2D eigenvalue weighted by Gasteiger charge is 2.24. The summed E-state index contributed by atoms with van der Waals surface area (Å²) >= 11 is 1.47. The molecule has 2 aromatic rings. The Morgan fingerprint density at radius 1 is 1.00 bits per heavy atom. The molecule has 2 rings (SSSR count). The van der Waals surface area contributed by atoms with Gasteiger partial charge in [-0.05, 0) is 41.7 Å².